The van der Waals surface area contributed by atoms with Gasteiger partial charge in [0.1, 0.15) is 23.0 Å². The highest BCUT2D eigenvalue weighted by Crippen LogP contribution is 2.50. The Morgan fingerprint density at radius 3 is 1.60 bits per heavy atom. The number of furan rings is 1. The number of fused-ring (bicyclic) bond motifs is 11. The zero-order chi connectivity index (χ0) is 39.9. The number of allylic oxidation sites excluding steroid dienone is 2. The maximum Gasteiger partial charge on any atom is 0.135 e. The van der Waals surface area contributed by atoms with E-state index >= 15 is 0 Å². The first-order chi connectivity index (χ1) is 29.6. The summed E-state index contributed by atoms with van der Waals surface area (Å²) in [5.41, 5.74) is 12.1. The van der Waals surface area contributed by atoms with Crippen molar-refractivity contribution in [3.8, 4) is 5.75 Å². The number of ether oxygens (including phenoxy) is 1. The summed E-state index contributed by atoms with van der Waals surface area (Å²) in [5.74, 6) is 1.14. The molecule has 9 aromatic carbocycles. The van der Waals surface area contributed by atoms with Crippen molar-refractivity contribution in [2.45, 2.75) is 25.9 Å². The Labute approximate surface area is 348 Å². The van der Waals surface area contributed by atoms with Crippen molar-refractivity contribution in [3.05, 3.63) is 211 Å². The van der Waals surface area contributed by atoms with Gasteiger partial charge in [0.2, 0.25) is 0 Å². The lowest BCUT2D eigenvalue weighted by atomic mass is 9.89. The van der Waals surface area contributed by atoms with E-state index in [1.165, 1.54) is 49.0 Å². The quantitative estimate of drug-likeness (QED) is 0.157. The first kappa shape index (κ1) is 34.5. The fourth-order valence-electron chi connectivity index (χ4n) is 9.68. The molecule has 0 amide bonds. The van der Waals surface area contributed by atoms with E-state index in [1.807, 2.05) is 0 Å². The van der Waals surface area contributed by atoms with Gasteiger partial charge in [0.25, 0.3) is 0 Å². The molecule has 2 unspecified atom stereocenters. The molecule has 2 aliphatic rings. The number of para-hydroxylation sites is 2. The number of aryl methyl sites for hydroxylation is 1. The Balaban J connectivity index is 1.11. The summed E-state index contributed by atoms with van der Waals surface area (Å²) in [6.07, 6.45) is 6.73. The first-order valence-corrected chi connectivity index (χ1v) is 20.7. The second-order valence-corrected chi connectivity index (χ2v) is 16.2. The maximum absolute atomic E-state index is 6.46. The summed E-state index contributed by atoms with van der Waals surface area (Å²) in [5, 5.41) is 9.35. The average molecular weight is 773 g/mol. The second-order valence-electron chi connectivity index (χ2n) is 16.2. The van der Waals surface area contributed by atoms with Crippen LogP contribution in [-0.2, 0) is 0 Å². The highest BCUT2D eigenvalue weighted by atomic mass is 16.5. The van der Waals surface area contributed by atoms with Crippen LogP contribution in [0.1, 0.15) is 24.0 Å². The monoisotopic (exact) mass is 772 g/mol. The van der Waals surface area contributed by atoms with Gasteiger partial charge < -0.3 is 19.0 Å². The predicted octanol–water partition coefficient (Wildman–Crippen LogP) is 15.7. The number of benzene rings is 9. The summed E-state index contributed by atoms with van der Waals surface area (Å²) in [7, 11) is 0. The third-order valence-electron chi connectivity index (χ3n) is 12.4. The molecule has 12 rings (SSSR count). The zero-order valence-corrected chi connectivity index (χ0v) is 33.3. The van der Waals surface area contributed by atoms with E-state index in [4.69, 9.17) is 9.15 Å². The number of hydrogen-bond acceptors (Lipinski definition) is 4. The molecular formula is C56H40N2O2. The van der Waals surface area contributed by atoms with Crippen LogP contribution in [-0.4, -0.2) is 6.10 Å². The molecule has 0 bridgehead atoms. The SMILES string of the molecule is CC1=CC2c3cc(N(c4ccccc4)c4cc5c6ccccc6c(N(c6ccccc6)c6ccc7oc8ccc(C)cc8c7c6)cc5c5ccccc45)ccc3OC2C=C1. The van der Waals surface area contributed by atoms with Crippen molar-refractivity contribution in [1.82, 2.24) is 0 Å². The molecule has 10 aromatic rings. The Morgan fingerprint density at radius 1 is 0.433 bits per heavy atom. The molecule has 4 nitrogen and oxygen atoms in total. The Morgan fingerprint density at radius 2 is 0.967 bits per heavy atom. The van der Waals surface area contributed by atoms with Gasteiger partial charge in [0.15, 0.2) is 0 Å². The van der Waals surface area contributed by atoms with Crippen molar-refractivity contribution in [2.75, 3.05) is 9.80 Å². The van der Waals surface area contributed by atoms with Gasteiger partial charge in [0, 0.05) is 55.8 Å². The topological polar surface area (TPSA) is 28.9 Å². The van der Waals surface area contributed by atoms with Crippen LogP contribution in [0.5, 0.6) is 5.75 Å². The van der Waals surface area contributed by atoms with Gasteiger partial charge in [-0.05, 0) is 126 Å². The lowest BCUT2D eigenvalue weighted by Gasteiger charge is -2.30. The van der Waals surface area contributed by atoms with Crippen LogP contribution in [0.4, 0.5) is 34.1 Å². The van der Waals surface area contributed by atoms with E-state index in [1.54, 1.807) is 0 Å². The van der Waals surface area contributed by atoms with Gasteiger partial charge in [-0.25, -0.2) is 0 Å². The Bertz CT molecular complexity index is 3400. The normalized spacial score (nSPS) is 15.7. The van der Waals surface area contributed by atoms with Crippen LogP contribution in [0.3, 0.4) is 0 Å². The maximum atomic E-state index is 6.46. The third-order valence-corrected chi connectivity index (χ3v) is 12.4. The van der Waals surface area contributed by atoms with Crippen molar-refractivity contribution in [1.29, 1.82) is 0 Å². The lowest BCUT2D eigenvalue weighted by molar-refractivity contribution is 0.268. The molecule has 2 atom stereocenters. The molecule has 60 heavy (non-hydrogen) atoms. The molecule has 0 fully saturated rings. The van der Waals surface area contributed by atoms with Crippen molar-refractivity contribution in [2.24, 2.45) is 0 Å². The van der Waals surface area contributed by atoms with Gasteiger partial charge in [-0.1, -0.05) is 114 Å². The standard InChI is InChI=1S/C56H40N2O2/c1-35-21-25-53-47(29-35)49-31-39(23-27-55(49)59-53)57(37-13-5-3-6-14-37)51-33-45-42-18-10-12-20-44(42)52(34-46(45)41-17-9-11-19-43(41)51)58(38-15-7-4-8-16-38)40-24-28-56-50(32-40)48-30-36(2)22-26-54(48)60-56/h3-34,47,53H,1-2H3. The first-order valence-electron chi connectivity index (χ1n) is 20.7. The molecule has 0 radical (unpaired) electrons. The highest BCUT2D eigenvalue weighted by molar-refractivity contribution is 6.24. The molecule has 4 heteroatoms. The van der Waals surface area contributed by atoms with E-state index in [2.05, 4.69) is 218 Å². The minimum atomic E-state index is 0.0202. The smallest absolute Gasteiger partial charge is 0.135 e. The number of rotatable bonds is 6. The van der Waals surface area contributed by atoms with Gasteiger partial charge in [-0.2, -0.15) is 0 Å². The summed E-state index contributed by atoms with van der Waals surface area (Å²) in [4.78, 5) is 4.83. The molecule has 1 aliphatic carbocycles. The molecule has 0 N–H and O–H groups in total. The molecule has 0 saturated carbocycles. The number of hydrogen-bond donors (Lipinski definition) is 0. The largest absolute Gasteiger partial charge is 0.485 e. The van der Waals surface area contributed by atoms with Gasteiger partial charge in [0.05, 0.1) is 11.4 Å². The molecule has 2 heterocycles. The van der Waals surface area contributed by atoms with E-state index in [0.717, 1.165) is 61.8 Å². The van der Waals surface area contributed by atoms with Crippen molar-refractivity contribution >= 4 is 88.4 Å². The number of anilines is 6. The van der Waals surface area contributed by atoms with Crippen LogP contribution in [0, 0.1) is 6.92 Å². The van der Waals surface area contributed by atoms with Crippen LogP contribution < -0.4 is 14.5 Å². The van der Waals surface area contributed by atoms with E-state index in [9.17, 15) is 0 Å². The highest BCUT2D eigenvalue weighted by Gasteiger charge is 2.34. The second kappa shape index (κ2) is 13.5. The summed E-state index contributed by atoms with van der Waals surface area (Å²) < 4.78 is 12.8. The Kier molecular flexibility index (Phi) is 7.76. The van der Waals surface area contributed by atoms with Crippen LogP contribution in [0.2, 0.25) is 0 Å². The van der Waals surface area contributed by atoms with E-state index in [0.29, 0.717) is 0 Å². The average Bonchev–Trinajstić information content (AvgIpc) is 3.84. The third kappa shape index (κ3) is 5.45. The molecular weight excluding hydrogens is 733 g/mol. The Hall–Kier alpha value is -7.56. The van der Waals surface area contributed by atoms with Crippen LogP contribution >= 0.6 is 0 Å². The molecule has 1 aromatic heterocycles. The molecule has 286 valence electrons. The summed E-state index contributed by atoms with van der Waals surface area (Å²) in [6.45, 7) is 4.30. The van der Waals surface area contributed by atoms with Crippen LogP contribution in [0.15, 0.2) is 204 Å². The predicted molar refractivity (Wildman–Crippen MR) is 250 cm³/mol. The van der Waals surface area contributed by atoms with Gasteiger partial charge >= 0.3 is 0 Å². The van der Waals surface area contributed by atoms with Gasteiger partial charge in [-0.15, -0.1) is 0 Å². The van der Waals surface area contributed by atoms with Crippen molar-refractivity contribution < 1.29 is 9.15 Å². The zero-order valence-electron chi connectivity index (χ0n) is 33.3. The molecule has 1 aliphatic heterocycles. The van der Waals surface area contributed by atoms with E-state index in [-0.39, 0.29) is 12.0 Å². The summed E-state index contributed by atoms with van der Waals surface area (Å²) in [6, 6.07) is 63.8. The fraction of sp³-hybridized carbons (Fsp3) is 0.0714. The fourth-order valence-corrected chi connectivity index (χ4v) is 9.68. The van der Waals surface area contributed by atoms with Gasteiger partial charge in [-0.3, -0.25) is 0 Å². The van der Waals surface area contributed by atoms with E-state index < -0.39 is 0 Å². The minimum absolute atomic E-state index is 0.0202. The number of nitrogens with zero attached hydrogens (tertiary/aromatic N) is 2. The lowest BCUT2D eigenvalue weighted by Crippen LogP contribution is -2.16. The van der Waals surface area contributed by atoms with Crippen molar-refractivity contribution in [3.63, 3.8) is 0 Å². The minimum Gasteiger partial charge on any atom is -0.485 e. The molecule has 0 saturated heterocycles. The summed E-state index contributed by atoms with van der Waals surface area (Å²) >= 11 is 0. The molecule has 0 spiro atoms. The van der Waals surface area contributed by atoms with Crippen LogP contribution in [0.25, 0.3) is 54.3 Å².